The van der Waals surface area contributed by atoms with Crippen molar-refractivity contribution in [3.8, 4) is 0 Å². The summed E-state index contributed by atoms with van der Waals surface area (Å²) in [6.45, 7) is 12.5. The van der Waals surface area contributed by atoms with Crippen LogP contribution in [-0.4, -0.2) is 47.5 Å². The summed E-state index contributed by atoms with van der Waals surface area (Å²) in [5.74, 6) is 0. The van der Waals surface area contributed by atoms with Crippen LogP contribution in [0.25, 0.3) is 0 Å². The van der Waals surface area contributed by atoms with Gasteiger partial charge in [-0.05, 0) is 39.2 Å². The molecule has 0 atom stereocenters. The van der Waals surface area contributed by atoms with Crippen LogP contribution in [0.5, 0.6) is 0 Å². The second-order valence-corrected chi connectivity index (χ2v) is 11.1. The van der Waals surface area contributed by atoms with Crippen LogP contribution in [0.4, 0.5) is 0 Å². The molecule has 29 heavy (non-hydrogen) atoms. The highest BCUT2D eigenvalue weighted by Gasteiger charge is 2.21. The van der Waals surface area contributed by atoms with Crippen LogP contribution in [0.15, 0.2) is 0 Å². The smallest absolute Gasteiger partial charge is 0.161 e. The summed E-state index contributed by atoms with van der Waals surface area (Å²) in [5, 5.41) is 0. The van der Waals surface area contributed by atoms with Gasteiger partial charge in [0.15, 0.2) is 9.76 Å². The van der Waals surface area contributed by atoms with E-state index in [1.165, 1.54) is 146 Å². The molecule has 0 unspecified atom stereocenters. The first-order valence-corrected chi connectivity index (χ1v) is 15.2. The molecular formula is C26H58NOSi+. The van der Waals surface area contributed by atoms with E-state index in [0.717, 1.165) is 0 Å². The summed E-state index contributed by atoms with van der Waals surface area (Å²) in [6, 6.07) is 1.36. The molecule has 0 fully saturated rings. The number of hydrogen-bond donors (Lipinski definition) is 0. The van der Waals surface area contributed by atoms with Crippen LogP contribution in [0.3, 0.4) is 0 Å². The molecule has 0 saturated carbocycles. The number of unbranched alkanes of at least 4 members (excludes halogenated alkanes) is 15. The number of hydrogen-bond acceptors (Lipinski definition) is 1. The van der Waals surface area contributed by atoms with Gasteiger partial charge in [0.1, 0.15) is 0 Å². The van der Waals surface area contributed by atoms with Gasteiger partial charge < -0.3 is 8.91 Å². The molecular weight excluding hydrogens is 370 g/mol. The third-order valence-electron chi connectivity index (χ3n) is 7.06. The van der Waals surface area contributed by atoms with E-state index < -0.39 is 0 Å². The fourth-order valence-electron chi connectivity index (χ4n) is 4.66. The average molecular weight is 429 g/mol. The fourth-order valence-corrected chi connectivity index (χ4v) is 5.37. The van der Waals surface area contributed by atoms with Gasteiger partial charge in [-0.3, -0.25) is 0 Å². The maximum atomic E-state index is 5.35. The summed E-state index contributed by atoms with van der Waals surface area (Å²) < 4.78 is 6.69. The normalized spacial score (nSPS) is 12.4. The standard InChI is InChI=1S/C26H58NOSi/c1-5-8-9-10-11-12-13-14-15-16-17-18-19-20-21-22-24-27(6-2,7-3)25-23-26-29-28-4/h5-26,29H2,1-4H3/q+1. The highest BCUT2D eigenvalue weighted by molar-refractivity contribution is 6.26. The minimum atomic E-state index is -0.221. The number of rotatable bonds is 24. The molecule has 176 valence electrons. The van der Waals surface area contributed by atoms with Crippen molar-refractivity contribution < 1.29 is 8.91 Å². The summed E-state index contributed by atoms with van der Waals surface area (Å²) in [5.41, 5.74) is 0. The molecule has 3 heteroatoms. The summed E-state index contributed by atoms with van der Waals surface area (Å²) >= 11 is 0. The van der Waals surface area contributed by atoms with Crippen molar-refractivity contribution in [2.45, 2.75) is 136 Å². The first kappa shape index (κ1) is 29.1. The van der Waals surface area contributed by atoms with Gasteiger partial charge in [-0.15, -0.1) is 0 Å². The number of quaternary nitrogens is 1. The Bertz CT molecular complexity index is 307. The Balaban J connectivity index is 3.43. The molecule has 0 saturated heterocycles. The molecule has 0 rings (SSSR count). The SMILES string of the molecule is CCCCCCCCCCCCCCCCCC[N+](CC)(CC)CCC[SiH2]OC. The molecule has 0 aromatic heterocycles. The van der Waals surface area contributed by atoms with Gasteiger partial charge in [0.2, 0.25) is 0 Å². The second-order valence-electron chi connectivity index (χ2n) is 9.42. The van der Waals surface area contributed by atoms with Crippen molar-refractivity contribution in [1.82, 2.24) is 0 Å². The van der Waals surface area contributed by atoms with E-state index in [0.29, 0.717) is 0 Å². The third-order valence-corrected chi connectivity index (χ3v) is 8.26. The van der Waals surface area contributed by atoms with Gasteiger partial charge >= 0.3 is 0 Å². The van der Waals surface area contributed by atoms with Crippen LogP contribution >= 0.6 is 0 Å². The van der Waals surface area contributed by atoms with Crippen LogP contribution in [0.1, 0.15) is 130 Å². The lowest BCUT2D eigenvalue weighted by molar-refractivity contribution is -0.925. The van der Waals surface area contributed by atoms with Crippen molar-refractivity contribution in [1.29, 1.82) is 0 Å². The minimum absolute atomic E-state index is 0.221. The fraction of sp³-hybridized carbons (Fsp3) is 1.00. The molecule has 0 bridgehead atoms. The maximum Gasteiger partial charge on any atom is 0.161 e. The van der Waals surface area contributed by atoms with Gasteiger partial charge in [0.25, 0.3) is 0 Å². The van der Waals surface area contributed by atoms with Gasteiger partial charge in [-0.1, -0.05) is 96.8 Å². The van der Waals surface area contributed by atoms with E-state index in [9.17, 15) is 0 Å². The van der Waals surface area contributed by atoms with Crippen molar-refractivity contribution in [2.24, 2.45) is 0 Å². The first-order valence-electron chi connectivity index (χ1n) is 13.6. The molecule has 2 nitrogen and oxygen atoms in total. The van der Waals surface area contributed by atoms with E-state index in [1.54, 1.807) is 0 Å². The highest BCUT2D eigenvalue weighted by atomic mass is 28.2. The van der Waals surface area contributed by atoms with E-state index in [-0.39, 0.29) is 9.76 Å². The Morgan fingerprint density at radius 3 is 1.28 bits per heavy atom. The van der Waals surface area contributed by atoms with Gasteiger partial charge in [0.05, 0.1) is 26.2 Å². The monoisotopic (exact) mass is 428 g/mol. The molecule has 0 spiro atoms. The van der Waals surface area contributed by atoms with Crippen LogP contribution in [0, 0.1) is 0 Å². The third kappa shape index (κ3) is 18.6. The largest absolute Gasteiger partial charge is 0.427 e. The lowest BCUT2D eigenvalue weighted by atomic mass is 10.0. The molecule has 0 amide bonds. The van der Waals surface area contributed by atoms with E-state index in [1.807, 2.05) is 7.11 Å². The quantitative estimate of drug-likeness (QED) is 0.0871. The molecule has 0 aromatic carbocycles. The molecule has 0 heterocycles. The van der Waals surface area contributed by atoms with E-state index in [4.69, 9.17) is 4.43 Å². The molecule has 0 aliphatic carbocycles. The van der Waals surface area contributed by atoms with Crippen molar-refractivity contribution >= 4 is 9.76 Å². The minimum Gasteiger partial charge on any atom is -0.427 e. The predicted octanol–water partition coefficient (Wildman–Crippen LogP) is 7.64. The maximum absolute atomic E-state index is 5.35. The Morgan fingerprint density at radius 1 is 0.517 bits per heavy atom. The van der Waals surface area contributed by atoms with Gasteiger partial charge in [0, 0.05) is 7.11 Å². The lowest BCUT2D eigenvalue weighted by Crippen LogP contribution is -2.49. The summed E-state index contributed by atoms with van der Waals surface area (Å²) in [6.07, 6.45) is 24.8. The Labute approximate surface area is 188 Å². The highest BCUT2D eigenvalue weighted by Crippen LogP contribution is 2.16. The number of nitrogens with zero attached hydrogens (tertiary/aromatic N) is 1. The lowest BCUT2D eigenvalue weighted by Gasteiger charge is -2.37. The van der Waals surface area contributed by atoms with Crippen molar-refractivity contribution in [2.75, 3.05) is 33.3 Å². The summed E-state index contributed by atoms with van der Waals surface area (Å²) in [7, 11) is 1.66. The molecule has 0 aliphatic rings. The Kier molecular flexibility index (Phi) is 22.9. The van der Waals surface area contributed by atoms with E-state index in [2.05, 4.69) is 20.8 Å². The molecule has 0 aliphatic heterocycles. The van der Waals surface area contributed by atoms with E-state index >= 15 is 0 Å². The van der Waals surface area contributed by atoms with Gasteiger partial charge in [-0.25, -0.2) is 0 Å². The van der Waals surface area contributed by atoms with Crippen LogP contribution in [-0.2, 0) is 4.43 Å². The summed E-state index contributed by atoms with van der Waals surface area (Å²) in [4.78, 5) is 0. The topological polar surface area (TPSA) is 9.23 Å². The predicted molar refractivity (Wildman–Crippen MR) is 136 cm³/mol. The molecule has 0 aromatic rings. The average Bonchev–Trinajstić information content (AvgIpc) is 2.75. The van der Waals surface area contributed by atoms with Crippen LogP contribution < -0.4 is 0 Å². The Morgan fingerprint density at radius 2 is 0.897 bits per heavy atom. The zero-order valence-corrected chi connectivity index (χ0v) is 22.5. The van der Waals surface area contributed by atoms with Crippen LogP contribution in [0.2, 0.25) is 6.04 Å². The second kappa shape index (κ2) is 22.8. The zero-order chi connectivity index (χ0) is 21.5. The first-order chi connectivity index (χ1) is 14.2. The molecule has 0 N–H and O–H groups in total. The van der Waals surface area contributed by atoms with Crippen molar-refractivity contribution in [3.63, 3.8) is 0 Å². The Hall–Kier alpha value is 0.137. The van der Waals surface area contributed by atoms with Gasteiger partial charge in [-0.2, -0.15) is 0 Å². The van der Waals surface area contributed by atoms with Crippen molar-refractivity contribution in [3.05, 3.63) is 0 Å². The molecule has 0 radical (unpaired) electrons. The zero-order valence-electron chi connectivity index (χ0n) is 21.1.